The monoisotopic (exact) mass is 201 g/mol. The molecular weight excluding hydrogens is 174 g/mol. The molecule has 2 nitrogen and oxygen atoms in total. The van der Waals surface area contributed by atoms with E-state index in [1.54, 1.807) is 0 Å². The van der Waals surface area contributed by atoms with Crippen LogP contribution in [0, 0.1) is 5.92 Å². The second-order valence-electron chi connectivity index (χ2n) is 4.12. The molecule has 0 saturated carbocycles. The molecule has 1 N–H and O–H groups in total. The van der Waals surface area contributed by atoms with Gasteiger partial charge >= 0.3 is 0 Å². The highest BCUT2D eigenvalue weighted by Gasteiger charge is 2.08. The van der Waals surface area contributed by atoms with Gasteiger partial charge in [0.2, 0.25) is 0 Å². The highest BCUT2D eigenvalue weighted by atomic mass is 16.5. The van der Waals surface area contributed by atoms with Crippen molar-refractivity contribution in [2.45, 2.75) is 52.6 Å². The summed E-state index contributed by atoms with van der Waals surface area (Å²) in [5.74, 6) is 0.759. The average molecular weight is 201 g/mol. The second kappa shape index (κ2) is 9.47. The van der Waals surface area contributed by atoms with Crippen molar-refractivity contribution in [3.8, 4) is 0 Å². The van der Waals surface area contributed by atoms with E-state index in [4.69, 9.17) is 4.74 Å². The third kappa shape index (κ3) is 7.34. The maximum absolute atomic E-state index is 5.77. The number of unbranched alkanes of at least 4 members (excludes halogenated alkanes) is 1. The Balaban J connectivity index is 3.50. The number of hydrogen-bond donors (Lipinski definition) is 1. The molecule has 14 heavy (non-hydrogen) atoms. The molecule has 0 aromatic rings. The van der Waals surface area contributed by atoms with Gasteiger partial charge in [0.15, 0.2) is 0 Å². The molecule has 0 radical (unpaired) electrons. The Labute approximate surface area is 89.4 Å². The molecule has 0 aliphatic heterocycles. The number of likely N-dealkylation sites (N-methyl/N-ethyl adjacent to an activating group) is 1. The molecule has 86 valence electrons. The third-order valence-electron chi connectivity index (χ3n) is 2.65. The van der Waals surface area contributed by atoms with E-state index in [0.29, 0.717) is 6.10 Å². The molecule has 0 aliphatic carbocycles. The van der Waals surface area contributed by atoms with Gasteiger partial charge in [-0.1, -0.05) is 33.1 Å². The van der Waals surface area contributed by atoms with Crippen molar-refractivity contribution in [3.63, 3.8) is 0 Å². The van der Waals surface area contributed by atoms with Gasteiger partial charge in [-0.15, -0.1) is 0 Å². The summed E-state index contributed by atoms with van der Waals surface area (Å²) in [6, 6.07) is 0. The topological polar surface area (TPSA) is 21.3 Å². The summed E-state index contributed by atoms with van der Waals surface area (Å²) in [5, 5.41) is 3.13. The Bertz CT molecular complexity index is 117. The van der Waals surface area contributed by atoms with Crippen LogP contribution in [-0.2, 0) is 4.74 Å². The number of rotatable bonds is 9. The fraction of sp³-hybridized carbons (Fsp3) is 1.00. The summed E-state index contributed by atoms with van der Waals surface area (Å²) in [5.41, 5.74) is 0. The van der Waals surface area contributed by atoms with Gasteiger partial charge in [-0.3, -0.25) is 0 Å². The summed E-state index contributed by atoms with van der Waals surface area (Å²) in [6.45, 7) is 8.51. The van der Waals surface area contributed by atoms with E-state index in [9.17, 15) is 0 Å². The molecule has 2 atom stereocenters. The first-order valence-electron chi connectivity index (χ1n) is 6.00. The summed E-state index contributed by atoms with van der Waals surface area (Å²) in [4.78, 5) is 0. The predicted octanol–water partition coefficient (Wildman–Crippen LogP) is 2.83. The molecular formula is C12H27NO. The van der Waals surface area contributed by atoms with E-state index in [2.05, 4.69) is 26.1 Å². The lowest BCUT2D eigenvalue weighted by atomic mass is 10.0. The minimum absolute atomic E-state index is 0.343. The molecule has 0 heterocycles. The van der Waals surface area contributed by atoms with Crippen molar-refractivity contribution in [1.82, 2.24) is 5.32 Å². The third-order valence-corrected chi connectivity index (χ3v) is 2.65. The molecule has 0 bridgehead atoms. The van der Waals surface area contributed by atoms with Crippen LogP contribution >= 0.6 is 0 Å². The van der Waals surface area contributed by atoms with Gasteiger partial charge < -0.3 is 10.1 Å². The van der Waals surface area contributed by atoms with Crippen molar-refractivity contribution < 1.29 is 4.74 Å². The van der Waals surface area contributed by atoms with Crippen LogP contribution in [0.1, 0.15) is 46.5 Å². The Hall–Kier alpha value is -0.0800. The normalized spacial score (nSPS) is 15.4. The van der Waals surface area contributed by atoms with Gasteiger partial charge in [0, 0.05) is 13.2 Å². The first-order valence-corrected chi connectivity index (χ1v) is 6.00. The lowest BCUT2D eigenvalue weighted by molar-refractivity contribution is 0.0380. The summed E-state index contributed by atoms with van der Waals surface area (Å²) >= 11 is 0. The van der Waals surface area contributed by atoms with E-state index in [-0.39, 0.29) is 0 Å². The van der Waals surface area contributed by atoms with Crippen molar-refractivity contribution in [2.24, 2.45) is 5.92 Å². The molecule has 0 aromatic carbocycles. The van der Waals surface area contributed by atoms with Crippen LogP contribution in [0.2, 0.25) is 0 Å². The van der Waals surface area contributed by atoms with Gasteiger partial charge in [-0.25, -0.2) is 0 Å². The average Bonchev–Trinajstić information content (AvgIpc) is 2.19. The zero-order valence-corrected chi connectivity index (χ0v) is 10.3. The molecule has 0 aromatic heterocycles. The minimum atomic E-state index is 0.343. The lowest BCUT2D eigenvalue weighted by Crippen LogP contribution is -2.25. The molecule has 0 saturated heterocycles. The largest absolute Gasteiger partial charge is 0.377 e. The zero-order chi connectivity index (χ0) is 10.8. The van der Waals surface area contributed by atoms with Crippen molar-refractivity contribution in [1.29, 1.82) is 0 Å². The van der Waals surface area contributed by atoms with Crippen LogP contribution < -0.4 is 5.32 Å². The molecule has 0 aliphatic rings. The van der Waals surface area contributed by atoms with Crippen molar-refractivity contribution in [3.05, 3.63) is 0 Å². The first kappa shape index (κ1) is 13.9. The highest BCUT2D eigenvalue weighted by Crippen LogP contribution is 2.13. The van der Waals surface area contributed by atoms with Crippen LogP contribution in [0.4, 0.5) is 0 Å². The van der Waals surface area contributed by atoms with Gasteiger partial charge in [0.25, 0.3) is 0 Å². The van der Waals surface area contributed by atoms with Gasteiger partial charge in [-0.05, 0) is 26.3 Å². The Kier molecular flexibility index (Phi) is 9.42. The van der Waals surface area contributed by atoms with E-state index < -0.39 is 0 Å². The lowest BCUT2D eigenvalue weighted by Gasteiger charge is -2.18. The van der Waals surface area contributed by atoms with Crippen LogP contribution in [0.5, 0.6) is 0 Å². The minimum Gasteiger partial charge on any atom is -0.377 e. The van der Waals surface area contributed by atoms with Crippen LogP contribution in [0.3, 0.4) is 0 Å². The smallest absolute Gasteiger partial charge is 0.0671 e. The molecule has 2 heteroatoms. The summed E-state index contributed by atoms with van der Waals surface area (Å²) in [6.07, 6.45) is 5.53. The SMILES string of the molecule is CCCCC(CC)COC(C)CNC. The number of nitrogens with one attached hydrogen (secondary N) is 1. The quantitative estimate of drug-likeness (QED) is 0.619. The maximum Gasteiger partial charge on any atom is 0.0671 e. The second-order valence-corrected chi connectivity index (χ2v) is 4.12. The van der Waals surface area contributed by atoms with Gasteiger partial charge in [0.05, 0.1) is 6.10 Å². The summed E-state index contributed by atoms with van der Waals surface area (Å²) in [7, 11) is 1.97. The molecule has 0 rings (SSSR count). The Morgan fingerprint density at radius 1 is 1.29 bits per heavy atom. The van der Waals surface area contributed by atoms with Gasteiger partial charge in [0.1, 0.15) is 0 Å². The van der Waals surface area contributed by atoms with Gasteiger partial charge in [-0.2, -0.15) is 0 Å². The zero-order valence-electron chi connectivity index (χ0n) is 10.3. The Morgan fingerprint density at radius 2 is 2.00 bits per heavy atom. The number of hydrogen-bond acceptors (Lipinski definition) is 2. The molecule has 0 fully saturated rings. The van der Waals surface area contributed by atoms with Crippen molar-refractivity contribution >= 4 is 0 Å². The Morgan fingerprint density at radius 3 is 2.50 bits per heavy atom. The predicted molar refractivity (Wildman–Crippen MR) is 62.6 cm³/mol. The summed E-state index contributed by atoms with van der Waals surface area (Å²) < 4.78 is 5.77. The maximum atomic E-state index is 5.77. The van der Waals surface area contributed by atoms with Crippen LogP contribution in [-0.4, -0.2) is 26.3 Å². The van der Waals surface area contributed by atoms with Crippen LogP contribution in [0.15, 0.2) is 0 Å². The highest BCUT2D eigenvalue weighted by molar-refractivity contribution is 4.59. The van der Waals surface area contributed by atoms with E-state index in [1.807, 2.05) is 7.05 Å². The fourth-order valence-electron chi connectivity index (χ4n) is 1.54. The van der Waals surface area contributed by atoms with Crippen molar-refractivity contribution in [2.75, 3.05) is 20.2 Å². The molecule has 0 amide bonds. The molecule has 2 unspecified atom stereocenters. The van der Waals surface area contributed by atoms with Crippen LogP contribution in [0.25, 0.3) is 0 Å². The standard InChI is InChI=1S/C12H27NO/c1-5-7-8-12(6-2)10-14-11(3)9-13-4/h11-13H,5-10H2,1-4H3. The first-order chi connectivity index (χ1) is 6.74. The fourth-order valence-corrected chi connectivity index (χ4v) is 1.54. The van der Waals surface area contributed by atoms with E-state index >= 15 is 0 Å². The number of ether oxygens (including phenoxy) is 1. The molecule has 0 spiro atoms. The van der Waals surface area contributed by atoms with E-state index in [1.165, 1.54) is 25.7 Å². The van der Waals surface area contributed by atoms with E-state index in [0.717, 1.165) is 19.1 Å².